The Hall–Kier alpha value is -1.52. The van der Waals surface area contributed by atoms with Gasteiger partial charge in [-0.05, 0) is 38.3 Å². The minimum atomic E-state index is 0.201. The Bertz CT molecular complexity index is 638. The van der Waals surface area contributed by atoms with Gasteiger partial charge in [-0.1, -0.05) is 30.3 Å². The second-order valence-electron chi connectivity index (χ2n) is 6.38. The SMILES string of the molecule is Cc1nc(CN2CCC[C@@H](C(=O)CCc3ccccc3)C2)cs1. The highest BCUT2D eigenvalue weighted by Gasteiger charge is 2.25. The van der Waals surface area contributed by atoms with Crippen LogP contribution < -0.4 is 0 Å². The fraction of sp³-hybridized carbons (Fsp3) is 0.474. The summed E-state index contributed by atoms with van der Waals surface area (Å²) in [6.07, 6.45) is 3.69. The number of nitrogens with zero attached hydrogens (tertiary/aromatic N) is 2. The van der Waals surface area contributed by atoms with Crippen molar-refractivity contribution in [1.82, 2.24) is 9.88 Å². The van der Waals surface area contributed by atoms with E-state index in [9.17, 15) is 4.79 Å². The van der Waals surface area contributed by atoms with E-state index in [2.05, 4.69) is 27.4 Å². The molecule has 2 heterocycles. The molecule has 0 saturated carbocycles. The number of benzene rings is 1. The number of likely N-dealkylation sites (tertiary alicyclic amines) is 1. The Morgan fingerprint density at radius 1 is 1.35 bits per heavy atom. The minimum Gasteiger partial charge on any atom is -0.299 e. The van der Waals surface area contributed by atoms with Crippen LogP contribution in [0.15, 0.2) is 35.7 Å². The predicted octanol–water partition coefficient (Wildman–Crippen LogP) is 3.87. The number of carbonyl (C=O) groups excluding carboxylic acids is 1. The lowest BCUT2D eigenvalue weighted by Gasteiger charge is -2.31. The van der Waals surface area contributed by atoms with Crippen molar-refractivity contribution in [2.75, 3.05) is 13.1 Å². The van der Waals surface area contributed by atoms with Crippen molar-refractivity contribution < 1.29 is 4.79 Å². The van der Waals surface area contributed by atoms with Crippen molar-refractivity contribution >= 4 is 17.1 Å². The van der Waals surface area contributed by atoms with Crippen molar-refractivity contribution in [3.05, 3.63) is 52.0 Å². The van der Waals surface area contributed by atoms with Gasteiger partial charge in [0, 0.05) is 30.8 Å². The maximum absolute atomic E-state index is 12.5. The number of thiazole rings is 1. The maximum Gasteiger partial charge on any atom is 0.137 e. The first-order valence-corrected chi connectivity index (χ1v) is 9.28. The van der Waals surface area contributed by atoms with E-state index >= 15 is 0 Å². The molecule has 1 aromatic heterocycles. The summed E-state index contributed by atoms with van der Waals surface area (Å²) in [7, 11) is 0. The monoisotopic (exact) mass is 328 g/mol. The van der Waals surface area contributed by atoms with Crippen molar-refractivity contribution in [2.45, 2.75) is 39.2 Å². The second-order valence-corrected chi connectivity index (χ2v) is 7.45. The van der Waals surface area contributed by atoms with Crippen LogP contribution in [0.5, 0.6) is 0 Å². The number of rotatable bonds is 6. The molecular formula is C19H24N2OS. The van der Waals surface area contributed by atoms with Crippen LogP contribution in [0.3, 0.4) is 0 Å². The average molecular weight is 328 g/mol. The van der Waals surface area contributed by atoms with E-state index in [1.807, 2.05) is 25.1 Å². The number of hydrogen-bond acceptors (Lipinski definition) is 4. The molecule has 2 aromatic rings. The lowest BCUT2D eigenvalue weighted by Crippen LogP contribution is -2.38. The highest BCUT2D eigenvalue weighted by atomic mass is 32.1. The fourth-order valence-corrected chi connectivity index (χ4v) is 3.89. The third-order valence-corrected chi connectivity index (χ3v) is 5.34. The van der Waals surface area contributed by atoms with Crippen molar-refractivity contribution in [3.8, 4) is 0 Å². The second kappa shape index (κ2) is 7.84. The van der Waals surface area contributed by atoms with Gasteiger partial charge in [-0.25, -0.2) is 4.98 Å². The molecule has 1 fully saturated rings. The van der Waals surface area contributed by atoms with E-state index in [1.165, 1.54) is 5.56 Å². The lowest BCUT2D eigenvalue weighted by molar-refractivity contribution is -0.124. The number of carbonyl (C=O) groups is 1. The van der Waals surface area contributed by atoms with Crippen LogP contribution >= 0.6 is 11.3 Å². The van der Waals surface area contributed by atoms with E-state index in [1.54, 1.807) is 11.3 Å². The fourth-order valence-electron chi connectivity index (χ4n) is 3.29. The summed E-state index contributed by atoms with van der Waals surface area (Å²) in [6.45, 7) is 4.90. The Morgan fingerprint density at radius 2 is 2.17 bits per heavy atom. The molecule has 0 radical (unpaired) electrons. The zero-order valence-electron chi connectivity index (χ0n) is 13.7. The standard InChI is InChI=1S/C19H24N2OS/c1-15-20-18(14-23-15)13-21-11-5-8-17(12-21)19(22)10-9-16-6-3-2-4-7-16/h2-4,6-7,14,17H,5,8-13H2,1H3/t17-/m1/s1. The first-order valence-electron chi connectivity index (χ1n) is 8.41. The summed E-state index contributed by atoms with van der Waals surface area (Å²) >= 11 is 1.70. The number of aryl methyl sites for hydroxylation is 2. The van der Waals surface area contributed by atoms with Gasteiger partial charge >= 0.3 is 0 Å². The van der Waals surface area contributed by atoms with Gasteiger partial charge in [0.05, 0.1) is 10.7 Å². The topological polar surface area (TPSA) is 33.2 Å². The maximum atomic E-state index is 12.5. The zero-order valence-corrected chi connectivity index (χ0v) is 14.5. The summed E-state index contributed by atoms with van der Waals surface area (Å²) in [6, 6.07) is 10.3. The number of Topliss-reactive ketones (excluding diaryl/α,β-unsaturated/α-hetero) is 1. The predicted molar refractivity (Wildman–Crippen MR) is 94.6 cm³/mol. The van der Waals surface area contributed by atoms with E-state index in [4.69, 9.17) is 0 Å². The van der Waals surface area contributed by atoms with Gasteiger partial charge < -0.3 is 0 Å². The summed E-state index contributed by atoms with van der Waals surface area (Å²) in [5, 5.41) is 3.25. The van der Waals surface area contributed by atoms with Crippen LogP contribution in [0, 0.1) is 12.8 Å². The molecule has 23 heavy (non-hydrogen) atoms. The van der Waals surface area contributed by atoms with Gasteiger partial charge in [0.2, 0.25) is 0 Å². The Labute approximate surface area is 142 Å². The molecule has 0 unspecified atom stereocenters. The quantitative estimate of drug-likeness (QED) is 0.807. The molecule has 4 heteroatoms. The number of aromatic nitrogens is 1. The number of ketones is 1. The highest BCUT2D eigenvalue weighted by molar-refractivity contribution is 7.09. The third-order valence-electron chi connectivity index (χ3n) is 4.52. The van der Waals surface area contributed by atoms with Crippen molar-refractivity contribution in [3.63, 3.8) is 0 Å². The van der Waals surface area contributed by atoms with Crippen LogP contribution in [0.2, 0.25) is 0 Å². The van der Waals surface area contributed by atoms with Crippen LogP contribution in [0.4, 0.5) is 0 Å². The molecule has 122 valence electrons. The van der Waals surface area contributed by atoms with Gasteiger partial charge in [0.15, 0.2) is 0 Å². The van der Waals surface area contributed by atoms with E-state index < -0.39 is 0 Å². The molecule has 0 bridgehead atoms. The van der Waals surface area contributed by atoms with Crippen LogP contribution in [-0.4, -0.2) is 28.8 Å². The molecule has 1 aromatic carbocycles. The molecule has 1 atom stereocenters. The largest absolute Gasteiger partial charge is 0.299 e. The van der Waals surface area contributed by atoms with Gasteiger partial charge in [0.1, 0.15) is 5.78 Å². The smallest absolute Gasteiger partial charge is 0.137 e. The highest BCUT2D eigenvalue weighted by Crippen LogP contribution is 2.21. The summed E-state index contributed by atoms with van der Waals surface area (Å²) in [5.74, 6) is 0.625. The molecule has 0 spiro atoms. The van der Waals surface area contributed by atoms with Crippen LogP contribution in [0.1, 0.15) is 35.5 Å². The summed E-state index contributed by atoms with van der Waals surface area (Å²) < 4.78 is 0. The molecule has 0 aliphatic carbocycles. The number of hydrogen-bond donors (Lipinski definition) is 0. The van der Waals surface area contributed by atoms with Crippen LogP contribution in [-0.2, 0) is 17.8 Å². The Morgan fingerprint density at radius 3 is 2.91 bits per heavy atom. The van der Waals surface area contributed by atoms with Gasteiger partial charge in [-0.15, -0.1) is 11.3 Å². The third kappa shape index (κ3) is 4.72. The van der Waals surface area contributed by atoms with Crippen molar-refractivity contribution in [2.24, 2.45) is 5.92 Å². The first-order chi connectivity index (χ1) is 11.2. The normalized spacial score (nSPS) is 18.9. The van der Waals surface area contributed by atoms with Gasteiger partial charge in [-0.2, -0.15) is 0 Å². The molecule has 1 saturated heterocycles. The lowest BCUT2D eigenvalue weighted by atomic mass is 9.90. The summed E-state index contributed by atoms with van der Waals surface area (Å²) in [4.78, 5) is 19.5. The van der Waals surface area contributed by atoms with E-state index in [0.29, 0.717) is 12.2 Å². The molecule has 1 aliphatic heterocycles. The average Bonchev–Trinajstić information content (AvgIpc) is 2.99. The number of piperidine rings is 1. The first kappa shape index (κ1) is 16.3. The molecule has 0 amide bonds. The van der Waals surface area contributed by atoms with Gasteiger partial charge in [0.25, 0.3) is 0 Å². The van der Waals surface area contributed by atoms with Crippen molar-refractivity contribution in [1.29, 1.82) is 0 Å². The minimum absolute atomic E-state index is 0.201. The van der Waals surface area contributed by atoms with Crippen LogP contribution in [0.25, 0.3) is 0 Å². The van der Waals surface area contributed by atoms with E-state index in [-0.39, 0.29) is 5.92 Å². The molecule has 3 rings (SSSR count). The molecule has 0 N–H and O–H groups in total. The summed E-state index contributed by atoms with van der Waals surface area (Å²) in [5.41, 5.74) is 2.40. The van der Waals surface area contributed by atoms with E-state index in [0.717, 1.165) is 49.6 Å². The van der Waals surface area contributed by atoms with Gasteiger partial charge in [-0.3, -0.25) is 9.69 Å². The molecule has 1 aliphatic rings. The molecule has 3 nitrogen and oxygen atoms in total. The zero-order chi connectivity index (χ0) is 16.1. The Balaban J connectivity index is 1.50. The molecular weight excluding hydrogens is 304 g/mol. The Kier molecular flexibility index (Phi) is 5.57.